The Morgan fingerprint density at radius 1 is 0.976 bits per heavy atom. The fourth-order valence-corrected chi connectivity index (χ4v) is 4.98. The molecule has 212 valence electrons. The summed E-state index contributed by atoms with van der Waals surface area (Å²) < 4.78 is 17.5. The van der Waals surface area contributed by atoms with E-state index in [-0.39, 0.29) is 36.5 Å². The zero-order valence-electron chi connectivity index (χ0n) is 23.4. The van der Waals surface area contributed by atoms with Crippen molar-refractivity contribution >= 4 is 22.8 Å². The summed E-state index contributed by atoms with van der Waals surface area (Å²) in [5.41, 5.74) is 3.25. The maximum atomic E-state index is 12.8. The highest BCUT2D eigenvalue weighted by Gasteiger charge is 2.34. The van der Waals surface area contributed by atoms with Gasteiger partial charge < -0.3 is 19.1 Å². The van der Waals surface area contributed by atoms with Crippen LogP contribution in [-0.4, -0.2) is 52.2 Å². The SMILES string of the molecule is CCC(C)OC(=O)N1CCC(c2ccc(COC(=O)c3cnccn3)cc2)C(OCc2ccc3ccccc3c2)C1. The summed E-state index contributed by atoms with van der Waals surface area (Å²) in [6.45, 7) is 5.52. The summed E-state index contributed by atoms with van der Waals surface area (Å²) in [5.74, 6) is -0.416. The fraction of sp³-hybridized carbons (Fsp3) is 0.333. The number of fused-ring (bicyclic) bond motifs is 1. The number of hydrogen-bond acceptors (Lipinski definition) is 7. The smallest absolute Gasteiger partial charge is 0.410 e. The van der Waals surface area contributed by atoms with Crippen LogP contribution in [0.15, 0.2) is 85.3 Å². The molecule has 41 heavy (non-hydrogen) atoms. The van der Waals surface area contributed by atoms with Gasteiger partial charge in [0.2, 0.25) is 0 Å². The summed E-state index contributed by atoms with van der Waals surface area (Å²) in [5, 5.41) is 2.36. The van der Waals surface area contributed by atoms with Crippen LogP contribution in [0, 0.1) is 0 Å². The summed E-state index contributed by atoms with van der Waals surface area (Å²) in [4.78, 5) is 34.7. The van der Waals surface area contributed by atoms with E-state index in [0.29, 0.717) is 19.7 Å². The van der Waals surface area contributed by atoms with Gasteiger partial charge in [0.25, 0.3) is 0 Å². The second kappa shape index (κ2) is 13.4. The van der Waals surface area contributed by atoms with Crippen molar-refractivity contribution in [1.29, 1.82) is 0 Å². The molecule has 5 rings (SSSR count). The van der Waals surface area contributed by atoms with Gasteiger partial charge in [0.05, 0.1) is 25.5 Å². The molecule has 0 spiro atoms. The molecule has 0 saturated carbocycles. The molecule has 1 aromatic heterocycles. The number of aromatic nitrogens is 2. The monoisotopic (exact) mass is 553 g/mol. The lowest BCUT2D eigenvalue weighted by Crippen LogP contribution is -2.47. The van der Waals surface area contributed by atoms with E-state index in [0.717, 1.165) is 29.5 Å². The predicted molar refractivity (Wildman–Crippen MR) is 155 cm³/mol. The molecule has 8 nitrogen and oxygen atoms in total. The summed E-state index contributed by atoms with van der Waals surface area (Å²) in [7, 11) is 0. The third-order valence-electron chi connectivity index (χ3n) is 7.52. The first kappa shape index (κ1) is 28.2. The molecule has 1 aliphatic rings. The van der Waals surface area contributed by atoms with Crippen molar-refractivity contribution in [2.24, 2.45) is 0 Å². The van der Waals surface area contributed by atoms with E-state index >= 15 is 0 Å². The van der Waals surface area contributed by atoms with Gasteiger partial charge in [0, 0.05) is 24.9 Å². The Morgan fingerprint density at radius 2 is 1.76 bits per heavy atom. The Bertz CT molecular complexity index is 1460. The molecule has 3 unspecified atom stereocenters. The van der Waals surface area contributed by atoms with Crippen LogP contribution in [0.3, 0.4) is 0 Å². The fourth-order valence-electron chi connectivity index (χ4n) is 4.98. The summed E-state index contributed by atoms with van der Waals surface area (Å²) >= 11 is 0. The van der Waals surface area contributed by atoms with Crippen molar-refractivity contribution in [2.75, 3.05) is 13.1 Å². The highest BCUT2D eigenvalue weighted by Crippen LogP contribution is 2.32. The van der Waals surface area contributed by atoms with Crippen LogP contribution in [0.1, 0.15) is 59.8 Å². The van der Waals surface area contributed by atoms with E-state index in [1.165, 1.54) is 29.4 Å². The van der Waals surface area contributed by atoms with Crippen LogP contribution in [0.2, 0.25) is 0 Å². The van der Waals surface area contributed by atoms with Gasteiger partial charge in [0.1, 0.15) is 12.7 Å². The van der Waals surface area contributed by atoms with Crippen LogP contribution in [0.25, 0.3) is 10.8 Å². The molecular weight excluding hydrogens is 518 g/mol. The lowest BCUT2D eigenvalue weighted by Gasteiger charge is -2.38. The van der Waals surface area contributed by atoms with Gasteiger partial charge in [-0.3, -0.25) is 4.98 Å². The van der Waals surface area contributed by atoms with Gasteiger partial charge >= 0.3 is 12.1 Å². The van der Waals surface area contributed by atoms with Gasteiger partial charge in [-0.25, -0.2) is 14.6 Å². The van der Waals surface area contributed by atoms with Crippen LogP contribution < -0.4 is 0 Å². The first-order valence-corrected chi connectivity index (χ1v) is 14.1. The Morgan fingerprint density at radius 3 is 2.51 bits per heavy atom. The largest absolute Gasteiger partial charge is 0.456 e. The number of nitrogens with zero attached hydrogens (tertiary/aromatic N) is 3. The van der Waals surface area contributed by atoms with Gasteiger partial charge in [-0.1, -0.05) is 67.6 Å². The quantitative estimate of drug-likeness (QED) is 0.225. The van der Waals surface area contributed by atoms with Crippen molar-refractivity contribution in [3.05, 3.63) is 108 Å². The van der Waals surface area contributed by atoms with Crippen molar-refractivity contribution in [2.45, 2.75) is 58.0 Å². The number of piperidine rings is 1. The molecule has 0 N–H and O–H groups in total. The topological polar surface area (TPSA) is 90.8 Å². The molecular formula is C33H35N3O5. The molecule has 3 aromatic carbocycles. The Kier molecular flexibility index (Phi) is 9.21. The lowest BCUT2D eigenvalue weighted by molar-refractivity contribution is -0.0277. The maximum absolute atomic E-state index is 12.8. The number of amides is 1. The van der Waals surface area contributed by atoms with Crippen LogP contribution in [0.4, 0.5) is 4.79 Å². The first-order chi connectivity index (χ1) is 20.0. The number of hydrogen-bond donors (Lipinski definition) is 0. The highest BCUT2D eigenvalue weighted by molar-refractivity contribution is 5.86. The Hall–Kier alpha value is -4.30. The van der Waals surface area contributed by atoms with Crippen molar-refractivity contribution in [1.82, 2.24) is 14.9 Å². The molecule has 0 bridgehead atoms. The molecule has 0 aliphatic carbocycles. The zero-order chi connectivity index (χ0) is 28.6. The zero-order valence-corrected chi connectivity index (χ0v) is 23.4. The van der Waals surface area contributed by atoms with E-state index in [1.54, 1.807) is 4.90 Å². The van der Waals surface area contributed by atoms with Gasteiger partial charge in [-0.2, -0.15) is 0 Å². The van der Waals surface area contributed by atoms with E-state index in [9.17, 15) is 9.59 Å². The molecule has 1 saturated heterocycles. The maximum Gasteiger partial charge on any atom is 0.410 e. The molecule has 3 atom stereocenters. The van der Waals surface area contributed by atoms with Crippen LogP contribution in [-0.2, 0) is 27.4 Å². The molecule has 1 fully saturated rings. The number of carbonyl (C=O) groups is 2. The van der Waals surface area contributed by atoms with E-state index in [2.05, 4.69) is 52.4 Å². The summed E-state index contributed by atoms with van der Waals surface area (Å²) in [6.07, 6.45) is 5.23. The minimum Gasteiger partial charge on any atom is -0.456 e. The normalized spacial score (nSPS) is 17.7. The highest BCUT2D eigenvalue weighted by atomic mass is 16.6. The van der Waals surface area contributed by atoms with Gasteiger partial charge in [-0.15, -0.1) is 0 Å². The van der Waals surface area contributed by atoms with E-state index in [1.807, 2.05) is 38.1 Å². The lowest BCUT2D eigenvalue weighted by atomic mass is 9.86. The molecule has 4 aromatic rings. The minimum atomic E-state index is -0.513. The average Bonchev–Trinajstić information content (AvgIpc) is 3.03. The molecule has 2 heterocycles. The van der Waals surface area contributed by atoms with Crippen molar-refractivity contribution < 1.29 is 23.8 Å². The number of esters is 1. The number of ether oxygens (including phenoxy) is 3. The van der Waals surface area contributed by atoms with Crippen molar-refractivity contribution in [3.8, 4) is 0 Å². The molecule has 0 radical (unpaired) electrons. The van der Waals surface area contributed by atoms with Gasteiger partial charge in [0.15, 0.2) is 5.69 Å². The predicted octanol–water partition coefficient (Wildman–Crippen LogP) is 6.30. The number of likely N-dealkylation sites (tertiary alicyclic amines) is 1. The van der Waals surface area contributed by atoms with Crippen LogP contribution in [0.5, 0.6) is 0 Å². The standard InChI is InChI=1S/C33H35N3O5/c1-3-23(2)41-33(38)36-17-14-29(31(20-36)39-22-25-10-11-26-6-4-5-7-28(26)18-25)27-12-8-24(9-13-27)21-40-32(37)30-19-34-15-16-35-30/h4-13,15-16,18-19,23,29,31H,3,14,17,20-22H2,1-2H3. The number of rotatable bonds is 9. The Labute approximate surface area is 240 Å². The molecule has 8 heteroatoms. The van der Waals surface area contributed by atoms with E-state index in [4.69, 9.17) is 14.2 Å². The average molecular weight is 554 g/mol. The minimum absolute atomic E-state index is 0.0966. The second-order valence-corrected chi connectivity index (χ2v) is 10.4. The number of carbonyl (C=O) groups excluding carboxylic acids is 2. The molecule has 1 aliphatic heterocycles. The first-order valence-electron chi connectivity index (χ1n) is 14.1. The third kappa shape index (κ3) is 7.27. The number of benzene rings is 3. The van der Waals surface area contributed by atoms with E-state index < -0.39 is 5.97 Å². The summed E-state index contributed by atoms with van der Waals surface area (Å²) in [6, 6.07) is 22.6. The van der Waals surface area contributed by atoms with Crippen LogP contribution >= 0.6 is 0 Å². The third-order valence-corrected chi connectivity index (χ3v) is 7.52. The second-order valence-electron chi connectivity index (χ2n) is 10.4. The van der Waals surface area contributed by atoms with Gasteiger partial charge in [-0.05, 0) is 53.3 Å². The van der Waals surface area contributed by atoms with Crippen molar-refractivity contribution in [3.63, 3.8) is 0 Å². The molecule has 1 amide bonds. The Balaban J connectivity index is 1.27.